The van der Waals surface area contributed by atoms with Crippen molar-refractivity contribution in [3.8, 4) is 11.5 Å². The summed E-state index contributed by atoms with van der Waals surface area (Å²) >= 11 is 0. The van der Waals surface area contributed by atoms with Crippen molar-refractivity contribution in [3.63, 3.8) is 0 Å². The van der Waals surface area contributed by atoms with Crippen LogP contribution in [0.15, 0.2) is 48.5 Å². The molecule has 0 bridgehead atoms. The van der Waals surface area contributed by atoms with Gasteiger partial charge >= 0.3 is 0 Å². The number of anilines is 1. The topological polar surface area (TPSA) is 67.9 Å². The largest absolute Gasteiger partial charge is 0.493 e. The quantitative estimate of drug-likeness (QED) is 0.789. The molecule has 0 saturated heterocycles. The minimum absolute atomic E-state index is 0.0468. The van der Waals surface area contributed by atoms with E-state index in [0.717, 1.165) is 11.3 Å². The van der Waals surface area contributed by atoms with Crippen LogP contribution in [0.2, 0.25) is 0 Å². The Balaban J connectivity index is 1.93. The highest BCUT2D eigenvalue weighted by atomic mass is 16.5. The van der Waals surface area contributed by atoms with Crippen LogP contribution in [0.1, 0.15) is 12.5 Å². The molecular weight excluding hydrogens is 332 g/mol. The van der Waals surface area contributed by atoms with E-state index in [1.54, 1.807) is 37.3 Å². The second-order valence-electron chi connectivity index (χ2n) is 5.62. The van der Waals surface area contributed by atoms with Crippen LogP contribution in [-0.2, 0) is 16.0 Å². The normalized spacial score (nSPS) is 10.1. The van der Waals surface area contributed by atoms with Crippen LogP contribution in [0.5, 0.6) is 11.5 Å². The molecule has 2 aromatic carbocycles. The lowest BCUT2D eigenvalue weighted by molar-refractivity contribution is -0.124. The predicted molar refractivity (Wildman–Crippen MR) is 101 cm³/mol. The lowest BCUT2D eigenvalue weighted by Gasteiger charge is -2.21. The molecule has 2 aromatic rings. The minimum atomic E-state index is -0.227. The third kappa shape index (κ3) is 4.99. The molecule has 0 aliphatic heterocycles. The highest BCUT2D eigenvalue weighted by molar-refractivity contribution is 5.96. The Kier molecular flexibility index (Phi) is 7.02. The van der Waals surface area contributed by atoms with Gasteiger partial charge in [0.05, 0.1) is 27.2 Å². The Morgan fingerprint density at radius 1 is 1.00 bits per heavy atom. The van der Waals surface area contributed by atoms with Gasteiger partial charge in [-0.25, -0.2) is 0 Å². The number of benzene rings is 2. The third-order valence-electron chi connectivity index (χ3n) is 3.93. The van der Waals surface area contributed by atoms with Crippen LogP contribution >= 0.6 is 0 Å². The zero-order chi connectivity index (χ0) is 18.9. The third-order valence-corrected chi connectivity index (χ3v) is 3.93. The summed E-state index contributed by atoms with van der Waals surface area (Å²) in [7, 11) is 3.10. The second-order valence-corrected chi connectivity index (χ2v) is 5.62. The van der Waals surface area contributed by atoms with E-state index >= 15 is 0 Å². The summed E-state index contributed by atoms with van der Waals surface area (Å²) in [5.41, 5.74) is 1.59. The lowest BCUT2D eigenvalue weighted by atomic mass is 10.1. The average molecular weight is 356 g/mol. The van der Waals surface area contributed by atoms with Crippen molar-refractivity contribution in [3.05, 3.63) is 54.1 Å². The first-order valence-corrected chi connectivity index (χ1v) is 8.42. The van der Waals surface area contributed by atoms with Crippen molar-refractivity contribution in [2.45, 2.75) is 13.3 Å². The summed E-state index contributed by atoms with van der Waals surface area (Å²) in [6.07, 6.45) is 0.158. The summed E-state index contributed by atoms with van der Waals surface area (Å²) in [4.78, 5) is 26.2. The number of likely N-dealkylation sites (N-methyl/N-ethyl adjacent to an activating group) is 1. The SMILES string of the molecule is CCN(C(=O)CNC(=O)Cc1ccc(OC)c(OC)c1)c1ccccc1. The summed E-state index contributed by atoms with van der Waals surface area (Å²) in [5.74, 6) is 0.789. The number of rotatable bonds is 8. The molecule has 138 valence electrons. The monoisotopic (exact) mass is 356 g/mol. The smallest absolute Gasteiger partial charge is 0.246 e. The lowest BCUT2D eigenvalue weighted by Crippen LogP contribution is -2.40. The van der Waals surface area contributed by atoms with Crippen LogP contribution in [-0.4, -0.2) is 39.1 Å². The molecule has 2 amide bonds. The molecule has 6 heteroatoms. The van der Waals surface area contributed by atoms with Crippen LogP contribution in [0.25, 0.3) is 0 Å². The number of amides is 2. The van der Waals surface area contributed by atoms with Gasteiger partial charge in [-0.2, -0.15) is 0 Å². The van der Waals surface area contributed by atoms with E-state index in [1.807, 2.05) is 37.3 Å². The molecule has 0 atom stereocenters. The highest BCUT2D eigenvalue weighted by Crippen LogP contribution is 2.27. The van der Waals surface area contributed by atoms with Gasteiger partial charge in [0.25, 0.3) is 0 Å². The molecule has 2 rings (SSSR count). The van der Waals surface area contributed by atoms with Gasteiger partial charge in [-0.3, -0.25) is 9.59 Å². The van der Waals surface area contributed by atoms with Crippen molar-refractivity contribution in [1.82, 2.24) is 5.32 Å². The Labute approximate surface area is 153 Å². The van der Waals surface area contributed by atoms with Gasteiger partial charge in [0.15, 0.2) is 11.5 Å². The number of carbonyl (C=O) groups excluding carboxylic acids is 2. The number of ether oxygens (including phenoxy) is 2. The van der Waals surface area contributed by atoms with Crippen LogP contribution < -0.4 is 19.7 Å². The van der Waals surface area contributed by atoms with Gasteiger partial charge in [0.1, 0.15) is 0 Å². The Bertz CT molecular complexity index is 747. The second kappa shape index (κ2) is 9.46. The molecule has 0 saturated carbocycles. The number of nitrogens with one attached hydrogen (secondary N) is 1. The van der Waals surface area contributed by atoms with E-state index in [9.17, 15) is 9.59 Å². The van der Waals surface area contributed by atoms with Gasteiger partial charge < -0.3 is 19.7 Å². The fourth-order valence-electron chi connectivity index (χ4n) is 2.62. The van der Waals surface area contributed by atoms with Crippen LogP contribution in [0.3, 0.4) is 0 Å². The van der Waals surface area contributed by atoms with E-state index in [1.165, 1.54) is 0 Å². The number of carbonyl (C=O) groups is 2. The Morgan fingerprint density at radius 3 is 2.31 bits per heavy atom. The van der Waals surface area contributed by atoms with Crippen molar-refractivity contribution in [1.29, 1.82) is 0 Å². The number of hydrogen-bond donors (Lipinski definition) is 1. The molecular formula is C20H24N2O4. The van der Waals surface area contributed by atoms with E-state index in [4.69, 9.17) is 9.47 Å². The first-order chi connectivity index (χ1) is 12.6. The average Bonchev–Trinajstić information content (AvgIpc) is 2.67. The zero-order valence-corrected chi connectivity index (χ0v) is 15.3. The fourth-order valence-corrected chi connectivity index (χ4v) is 2.62. The highest BCUT2D eigenvalue weighted by Gasteiger charge is 2.15. The van der Waals surface area contributed by atoms with E-state index in [2.05, 4.69) is 5.32 Å². The summed E-state index contributed by atoms with van der Waals surface area (Å²) in [5, 5.41) is 2.68. The molecule has 26 heavy (non-hydrogen) atoms. The fraction of sp³-hybridized carbons (Fsp3) is 0.300. The van der Waals surface area contributed by atoms with Crippen molar-refractivity contribution < 1.29 is 19.1 Å². The predicted octanol–water partition coefficient (Wildman–Crippen LogP) is 2.42. The zero-order valence-electron chi connectivity index (χ0n) is 15.3. The number of hydrogen-bond acceptors (Lipinski definition) is 4. The molecule has 0 unspecified atom stereocenters. The Morgan fingerprint density at radius 2 is 1.69 bits per heavy atom. The molecule has 0 aliphatic rings. The van der Waals surface area contributed by atoms with Gasteiger partial charge in [0, 0.05) is 12.2 Å². The number of para-hydroxylation sites is 1. The van der Waals surface area contributed by atoms with Gasteiger partial charge in [-0.1, -0.05) is 24.3 Å². The number of nitrogens with zero attached hydrogens (tertiary/aromatic N) is 1. The van der Waals surface area contributed by atoms with Gasteiger partial charge in [0.2, 0.25) is 11.8 Å². The molecule has 0 radical (unpaired) electrons. The van der Waals surface area contributed by atoms with E-state index < -0.39 is 0 Å². The molecule has 0 fully saturated rings. The standard InChI is InChI=1S/C20H24N2O4/c1-4-22(16-8-6-5-7-9-16)20(24)14-21-19(23)13-15-10-11-17(25-2)18(12-15)26-3/h5-12H,4,13-14H2,1-3H3,(H,21,23). The molecule has 0 aliphatic carbocycles. The minimum Gasteiger partial charge on any atom is -0.493 e. The van der Waals surface area contributed by atoms with Crippen LogP contribution in [0.4, 0.5) is 5.69 Å². The van der Waals surface area contributed by atoms with Gasteiger partial charge in [-0.15, -0.1) is 0 Å². The summed E-state index contributed by atoms with van der Waals surface area (Å²) in [6, 6.07) is 14.7. The number of methoxy groups -OCH3 is 2. The maximum Gasteiger partial charge on any atom is 0.246 e. The van der Waals surface area contributed by atoms with E-state index in [0.29, 0.717) is 18.0 Å². The molecule has 0 aromatic heterocycles. The summed E-state index contributed by atoms with van der Waals surface area (Å²) in [6.45, 7) is 2.39. The van der Waals surface area contributed by atoms with Gasteiger partial charge in [-0.05, 0) is 36.8 Å². The van der Waals surface area contributed by atoms with Crippen molar-refractivity contribution in [2.24, 2.45) is 0 Å². The molecule has 1 N–H and O–H groups in total. The van der Waals surface area contributed by atoms with Crippen LogP contribution in [0, 0.1) is 0 Å². The first-order valence-electron chi connectivity index (χ1n) is 8.42. The maximum absolute atomic E-state index is 12.4. The summed E-state index contributed by atoms with van der Waals surface area (Å²) < 4.78 is 10.4. The van der Waals surface area contributed by atoms with E-state index in [-0.39, 0.29) is 24.8 Å². The maximum atomic E-state index is 12.4. The first kappa shape index (κ1) is 19.3. The molecule has 0 spiro atoms. The molecule has 6 nitrogen and oxygen atoms in total. The Hall–Kier alpha value is -3.02. The molecule has 0 heterocycles. The van der Waals surface area contributed by atoms with Crippen molar-refractivity contribution in [2.75, 3.05) is 32.2 Å². The van der Waals surface area contributed by atoms with Crippen molar-refractivity contribution >= 4 is 17.5 Å².